The molecular formula is C18H22F2N2. The number of benzene rings is 1. The van der Waals surface area contributed by atoms with Crippen LogP contribution in [-0.2, 0) is 0 Å². The van der Waals surface area contributed by atoms with Crippen molar-refractivity contribution in [2.24, 2.45) is 4.99 Å². The summed E-state index contributed by atoms with van der Waals surface area (Å²) in [4.78, 5) is 8.49. The molecule has 1 heterocycles. The van der Waals surface area contributed by atoms with Gasteiger partial charge >= 0.3 is 0 Å². The Bertz CT molecular complexity index is 704. The van der Waals surface area contributed by atoms with Crippen LogP contribution in [0.15, 0.2) is 41.2 Å². The molecule has 0 atom stereocenters. The molecule has 0 saturated heterocycles. The second kappa shape index (κ2) is 8.37. The molecule has 1 aromatic carbocycles. The number of hydrogen-bond donors (Lipinski definition) is 0. The minimum absolute atomic E-state index is 0.258. The van der Waals surface area contributed by atoms with E-state index >= 15 is 0 Å². The summed E-state index contributed by atoms with van der Waals surface area (Å²) >= 11 is 0. The maximum absolute atomic E-state index is 13.5. The summed E-state index contributed by atoms with van der Waals surface area (Å²) in [5, 5.41) is 0.850. The highest BCUT2D eigenvalue weighted by Crippen LogP contribution is 2.19. The van der Waals surface area contributed by atoms with Gasteiger partial charge in [-0.2, -0.15) is 0 Å². The van der Waals surface area contributed by atoms with E-state index in [-0.39, 0.29) is 11.6 Å². The molecule has 0 spiro atoms. The van der Waals surface area contributed by atoms with Crippen LogP contribution in [0.25, 0.3) is 10.9 Å². The van der Waals surface area contributed by atoms with Crippen LogP contribution in [0.4, 0.5) is 8.78 Å². The van der Waals surface area contributed by atoms with Crippen molar-refractivity contribution in [3.63, 3.8) is 0 Å². The Morgan fingerprint density at radius 2 is 1.95 bits per heavy atom. The summed E-state index contributed by atoms with van der Waals surface area (Å²) < 4.78 is 26.7. The van der Waals surface area contributed by atoms with Gasteiger partial charge in [-0.25, -0.2) is 13.8 Å². The number of aromatic nitrogens is 1. The van der Waals surface area contributed by atoms with Crippen molar-refractivity contribution in [3.05, 3.63) is 53.2 Å². The molecule has 1 aromatic heterocycles. The van der Waals surface area contributed by atoms with Crippen molar-refractivity contribution in [1.29, 1.82) is 0 Å². The van der Waals surface area contributed by atoms with Crippen LogP contribution in [0.1, 0.15) is 38.4 Å². The molecule has 0 N–H and O–H groups in total. The summed E-state index contributed by atoms with van der Waals surface area (Å²) in [6.07, 6.45) is 1.68. The van der Waals surface area contributed by atoms with Gasteiger partial charge in [-0.15, -0.1) is 0 Å². The normalized spacial score (nSPS) is 12.1. The highest BCUT2D eigenvalue weighted by Gasteiger charge is 2.09. The largest absolute Gasteiger partial charge is 0.286 e. The number of pyridine rings is 1. The van der Waals surface area contributed by atoms with Crippen molar-refractivity contribution in [1.82, 2.24) is 4.98 Å². The average molecular weight is 304 g/mol. The van der Waals surface area contributed by atoms with Crippen molar-refractivity contribution in [2.75, 3.05) is 7.05 Å². The zero-order valence-electron chi connectivity index (χ0n) is 13.7. The van der Waals surface area contributed by atoms with Gasteiger partial charge in [0.25, 0.3) is 0 Å². The lowest BCUT2D eigenvalue weighted by atomic mass is 10.1. The van der Waals surface area contributed by atoms with Gasteiger partial charge < -0.3 is 0 Å². The molecular weight excluding hydrogens is 282 g/mol. The molecule has 0 aliphatic carbocycles. The third kappa shape index (κ3) is 4.20. The highest BCUT2D eigenvalue weighted by molar-refractivity contribution is 6.09. The molecule has 0 aliphatic heterocycles. The Hall–Kier alpha value is -2.10. The lowest BCUT2D eigenvalue weighted by Gasteiger charge is -2.07. The number of fused-ring (bicyclic) bond motifs is 1. The first-order valence-electron chi connectivity index (χ1n) is 7.45. The van der Waals surface area contributed by atoms with E-state index in [1.54, 1.807) is 20.0 Å². The predicted octanol–water partition coefficient (Wildman–Crippen LogP) is 5.39. The molecule has 2 nitrogen and oxygen atoms in total. The topological polar surface area (TPSA) is 25.2 Å². The van der Waals surface area contributed by atoms with Crippen molar-refractivity contribution < 1.29 is 8.78 Å². The molecule has 0 aliphatic rings. The second-order valence-electron chi connectivity index (χ2n) is 4.54. The summed E-state index contributed by atoms with van der Waals surface area (Å²) in [6, 6.07) is 6.35. The standard InChI is InChI=1S/C16H16F2N2.C2H6/c1-4-12(17)8-15(19-3)16-10(2)7-11-5-6-13(18)9-14(11)20-16;1-2/h5-9H,4H2,1-3H3;1-2H3/b12-8+,19-15?;. The fourth-order valence-electron chi connectivity index (χ4n) is 1.99. The fourth-order valence-corrected chi connectivity index (χ4v) is 1.99. The minimum Gasteiger partial charge on any atom is -0.286 e. The molecule has 0 fully saturated rings. The van der Waals surface area contributed by atoms with Crippen LogP contribution in [0, 0.1) is 12.7 Å². The smallest absolute Gasteiger partial charge is 0.125 e. The predicted molar refractivity (Wildman–Crippen MR) is 89.7 cm³/mol. The maximum Gasteiger partial charge on any atom is 0.125 e. The van der Waals surface area contributed by atoms with E-state index in [1.807, 2.05) is 26.8 Å². The van der Waals surface area contributed by atoms with Crippen molar-refractivity contribution >= 4 is 16.6 Å². The van der Waals surface area contributed by atoms with E-state index < -0.39 is 0 Å². The van der Waals surface area contributed by atoms with E-state index in [0.717, 1.165) is 10.9 Å². The van der Waals surface area contributed by atoms with Crippen LogP contribution in [0.2, 0.25) is 0 Å². The molecule has 0 unspecified atom stereocenters. The Balaban J connectivity index is 0.00000116. The van der Waals surface area contributed by atoms with E-state index in [4.69, 9.17) is 0 Å². The van der Waals surface area contributed by atoms with Crippen LogP contribution in [-0.4, -0.2) is 17.7 Å². The number of halogens is 2. The van der Waals surface area contributed by atoms with Gasteiger partial charge in [-0.1, -0.05) is 20.8 Å². The first-order chi connectivity index (χ1) is 10.5. The third-order valence-corrected chi connectivity index (χ3v) is 3.08. The number of allylic oxidation sites excluding steroid dienone is 2. The second-order valence-corrected chi connectivity index (χ2v) is 4.54. The molecule has 22 heavy (non-hydrogen) atoms. The monoisotopic (exact) mass is 304 g/mol. The Kier molecular flexibility index (Phi) is 6.83. The lowest BCUT2D eigenvalue weighted by molar-refractivity contribution is 0.606. The first-order valence-corrected chi connectivity index (χ1v) is 7.45. The van der Waals surface area contributed by atoms with Crippen LogP contribution in [0.3, 0.4) is 0 Å². The van der Waals surface area contributed by atoms with Crippen LogP contribution < -0.4 is 0 Å². The lowest BCUT2D eigenvalue weighted by Crippen LogP contribution is -2.05. The quantitative estimate of drug-likeness (QED) is 0.698. The number of hydrogen-bond acceptors (Lipinski definition) is 2. The maximum atomic E-state index is 13.5. The number of aryl methyl sites for hydroxylation is 1. The summed E-state index contributed by atoms with van der Waals surface area (Å²) in [5.41, 5.74) is 2.46. The number of rotatable bonds is 3. The first kappa shape index (κ1) is 18.0. The van der Waals surface area contributed by atoms with Gasteiger partial charge in [0.2, 0.25) is 0 Å². The summed E-state index contributed by atoms with van der Waals surface area (Å²) in [5.74, 6) is -0.601. The van der Waals surface area contributed by atoms with E-state index in [0.29, 0.717) is 23.3 Å². The summed E-state index contributed by atoms with van der Waals surface area (Å²) in [7, 11) is 1.59. The Morgan fingerprint density at radius 1 is 1.27 bits per heavy atom. The fraction of sp³-hybridized carbons (Fsp3) is 0.333. The number of nitrogens with zero attached hydrogens (tertiary/aromatic N) is 2. The highest BCUT2D eigenvalue weighted by atomic mass is 19.1. The Labute approximate surface area is 130 Å². The molecule has 0 amide bonds. The van der Waals surface area contributed by atoms with Gasteiger partial charge in [-0.05, 0) is 43.2 Å². The van der Waals surface area contributed by atoms with Gasteiger partial charge in [0, 0.05) is 18.5 Å². The average Bonchev–Trinajstić information content (AvgIpc) is 2.54. The van der Waals surface area contributed by atoms with Gasteiger partial charge in [0.05, 0.1) is 16.9 Å². The minimum atomic E-state index is -0.343. The van der Waals surface area contributed by atoms with Gasteiger partial charge in [-0.3, -0.25) is 4.99 Å². The molecule has 0 bridgehead atoms. The van der Waals surface area contributed by atoms with Gasteiger partial charge in [0.15, 0.2) is 0 Å². The van der Waals surface area contributed by atoms with Crippen LogP contribution in [0.5, 0.6) is 0 Å². The molecule has 118 valence electrons. The van der Waals surface area contributed by atoms with Crippen LogP contribution >= 0.6 is 0 Å². The van der Waals surface area contributed by atoms with E-state index in [2.05, 4.69) is 9.98 Å². The molecule has 4 heteroatoms. The SMILES string of the molecule is CC.CC/C(F)=C\C(=NC)c1nc2cc(F)ccc2cc1C. The molecule has 2 aromatic rings. The van der Waals surface area contributed by atoms with E-state index in [1.165, 1.54) is 18.2 Å². The zero-order valence-corrected chi connectivity index (χ0v) is 13.7. The van der Waals surface area contributed by atoms with Gasteiger partial charge in [0.1, 0.15) is 11.6 Å². The third-order valence-electron chi connectivity index (χ3n) is 3.08. The molecule has 2 rings (SSSR count). The molecule has 0 saturated carbocycles. The summed E-state index contributed by atoms with van der Waals surface area (Å²) in [6.45, 7) is 7.61. The molecule has 0 radical (unpaired) electrons. The number of aliphatic imine (C=N–C) groups is 1. The Morgan fingerprint density at radius 3 is 2.55 bits per heavy atom. The van der Waals surface area contributed by atoms with E-state index in [9.17, 15) is 8.78 Å². The van der Waals surface area contributed by atoms with Crippen molar-refractivity contribution in [3.8, 4) is 0 Å². The zero-order chi connectivity index (χ0) is 16.7. The van der Waals surface area contributed by atoms with Crippen molar-refractivity contribution in [2.45, 2.75) is 34.1 Å².